The van der Waals surface area contributed by atoms with E-state index in [4.69, 9.17) is 4.74 Å². The molecule has 1 heterocycles. The van der Waals surface area contributed by atoms with E-state index in [1.165, 1.54) is 15.6 Å². The Morgan fingerprint density at radius 3 is 2.76 bits per heavy atom. The van der Waals surface area contributed by atoms with Crippen LogP contribution in [0.1, 0.15) is 17.8 Å². The molecule has 3 aromatic rings. The van der Waals surface area contributed by atoms with E-state index < -0.39 is 0 Å². The zero-order chi connectivity index (χ0) is 14.5. The fourth-order valence-corrected chi connectivity index (χ4v) is 3.16. The third-order valence-electron chi connectivity index (χ3n) is 3.53. The standard InChI is InChI=1S/C18H19NOS/c1-14(18-10-5-13-21-18)19-11-12-20-17-9-4-7-15-6-2-3-8-16(15)17/h2-10,13-14,19H,11-12H2,1H3. The van der Waals surface area contributed by atoms with Crippen LogP contribution in [0.3, 0.4) is 0 Å². The molecule has 0 aliphatic carbocycles. The molecule has 3 heteroatoms. The molecule has 1 atom stereocenters. The lowest BCUT2D eigenvalue weighted by Gasteiger charge is -2.13. The lowest BCUT2D eigenvalue weighted by Crippen LogP contribution is -2.23. The number of fused-ring (bicyclic) bond motifs is 1. The Morgan fingerprint density at radius 1 is 1.05 bits per heavy atom. The lowest BCUT2D eigenvalue weighted by atomic mass is 10.1. The lowest BCUT2D eigenvalue weighted by molar-refractivity contribution is 0.311. The van der Waals surface area contributed by atoms with Crippen molar-refractivity contribution in [2.45, 2.75) is 13.0 Å². The average Bonchev–Trinajstić information content (AvgIpc) is 3.06. The van der Waals surface area contributed by atoms with E-state index >= 15 is 0 Å². The molecule has 3 rings (SSSR count). The maximum atomic E-state index is 5.93. The Morgan fingerprint density at radius 2 is 1.90 bits per heavy atom. The zero-order valence-corrected chi connectivity index (χ0v) is 12.9. The van der Waals surface area contributed by atoms with Crippen LogP contribution in [0.25, 0.3) is 10.8 Å². The van der Waals surface area contributed by atoms with Crippen LogP contribution in [0.2, 0.25) is 0 Å². The summed E-state index contributed by atoms with van der Waals surface area (Å²) in [5, 5.41) is 7.99. The third kappa shape index (κ3) is 3.43. The van der Waals surface area contributed by atoms with Crippen LogP contribution < -0.4 is 10.1 Å². The highest BCUT2D eigenvalue weighted by atomic mass is 32.1. The molecule has 0 fully saturated rings. The molecule has 0 radical (unpaired) electrons. The Kier molecular flexibility index (Phi) is 4.53. The van der Waals surface area contributed by atoms with E-state index in [0.29, 0.717) is 12.6 Å². The van der Waals surface area contributed by atoms with Crippen molar-refractivity contribution in [1.82, 2.24) is 5.32 Å². The van der Waals surface area contributed by atoms with Crippen molar-refractivity contribution in [2.24, 2.45) is 0 Å². The van der Waals surface area contributed by atoms with Crippen LogP contribution in [0.5, 0.6) is 5.75 Å². The number of hydrogen-bond acceptors (Lipinski definition) is 3. The number of benzene rings is 2. The topological polar surface area (TPSA) is 21.3 Å². The molecular weight excluding hydrogens is 278 g/mol. The highest BCUT2D eigenvalue weighted by molar-refractivity contribution is 7.10. The summed E-state index contributed by atoms with van der Waals surface area (Å²) in [4.78, 5) is 1.36. The zero-order valence-electron chi connectivity index (χ0n) is 12.1. The van der Waals surface area contributed by atoms with E-state index in [2.05, 4.69) is 54.0 Å². The van der Waals surface area contributed by atoms with Gasteiger partial charge in [0.1, 0.15) is 12.4 Å². The minimum Gasteiger partial charge on any atom is -0.492 e. The van der Waals surface area contributed by atoms with Gasteiger partial charge in [-0.05, 0) is 29.8 Å². The minimum absolute atomic E-state index is 0.376. The quantitative estimate of drug-likeness (QED) is 0.670. The van der Waals surface area contributed by atoms with Crippen molar-refractivity contribution in [3.63, 3.8) is 0 Å². The van der Waals surface area contributed by atoms with Crippen LogP contribution in [0.15, 0.2) is 60.0 Å². The first-order valence-electron chi connectivity index (χ1n) is 7.22. The second kappa shape index (κ2) is 6.74. The van der Waals surface area contributed by atoms with E-state index in [9.17, 15) is 0 Å². The molecule has 1 unspecified atom stereocenters. The fourth-order valence-electron chi connectivity index (χ4n) is 2.40. The summed E-state index contributed by atoms with van der Waals surface area (Å²) >= 11 is 1.78. The van der Waals surface area contributed by atoms with Gasteiger partial charge >= 0.3 is 0 Å². The van der Waals surface area contributed by atoms with Gasteiger partial charge in [0.25, 0.3) is 0 Å². The normalized spacial score (nSPS) is 12.4. The van der Waals surface area contributed by atoms with Gasteiger partial charge in [-0.25, -0.2) is 0 Å². The monoisotopic (exact) mass is 297 g/mol. The number of ether oxygens (including phenoxy) is 1. The SMILES string of the molecule is CC(NCCOc1cccc2ccccc12)c1cccs1. The molecular formula is C18H19NOS. The summed E-state index contributed by atoms with van der Waals surface area (Å²) in [6.07, 6.45) is 0. The molecule has 2 aromatic carbocycles. The molecule has 108 valence electrons. The predicted octanol–water partition coefficient (Wildman–Crippen LogP) is 4.63. The van der Waals surface area contributed by atoms with Crippen LogP contribution in [0, 0.1) is 0 Å². The van der Waals surface area contributed by atoms with Crippen molar-refractivity contribution in [2.75, 3.05) is 13.2 Å². The fraction of sp³-hybridized carbons (Fsp3) is 0.222. The molecule has 0 amide bonds. The summed E-state index contributed by atoms with van der Waals surface area (Å²) in [6, 6.07) is 19.1. The summed E-state index contributed by atoms with van der Waals surface area (Å²) < 4.78 is 5.93. The summed E-state index contributed by atoms with van der Waals surface area (Å²) in [7, 11) is 0. The number of thiophene rings is 1. The molecule has 21 heavy (non-hydrogen) atoms. The van der Waals surface area contributed by atoms with Crippen molar-refractivity contribution in [3.8, 4) is 5.75 Å². The summed E-state index contributed by atoms with van der Waals surface area (Å²) in [5.41, 5.74) is 0. The maximum Gasteiger partial charge on any atom is 0.127 e. The molecule has 0 aliphatic rings. The minimum atomic E-state index is 0.376. The molecule has 0 bridgehead atoms. The van der Waals surface area contributed by atoms with Gasteiger partial charge < -0.3 is 10.1 Å². The van der Waals surface area contributed by atoms with E-state index in [1.807, 2.05) is 18.2 Å². The van der Waals surface area contributed by atoms with E-state index in [1.54, 1.807) is 11.3 Å². The highest BCUT2D eigenvalue weighted by Crippen LogP contribution is 2.25. The molecule has 0 aliphatic heterocycles. The molecule has 1 aromatic heterocycles. The molecule has 0 saturated carbocycles. The number of rotatable bonds is 6. The van der Waals surface area contributed by atoms with Gasteiger partial charge in [0.05, 0.1) is 0 Å². The summed E-state index contributed by atoms with van der Waals surface area (Å²) in [6.45, 7) is 3.69. The molecule has 1 N–H and O–H groups in total. The van der Waals surface area contributed by atoms with Gasteiger partial charge in [-0.2, -0.15) is 0 Å². The summed E-state index contributed by atoms with van der Waals surface area (Å²) in [5.74, 6) is 0.957. The van der Waals surface area contributed by atoms with Gasteiger partial charge in [0.2, 0.25) is 0 Å². The second-order valence-electron chi connectivity index (χ2n) is 5.02. The Hall–Kier alpha value is -1.84. The van der Waals surface area contributed by atoms with Gasteiger partial charge in [0, 0.05) is 22.8 Å². The van der Waals surface area contributed by atoms with E-state index in [-0.39, 0.29) is 0 Å². The van der Waals surface area contributed by atoms with Crippen LogP contribution in [0.4, 0.5) is 0 Å². The van der Waals surface area contributed by atoms with Gasteiger partial charge in [0.15, 0.2) is 0 Å². The first-order chi connectivity index (χ1) is 10.3. The van der Waals surface area contributed by atoms with Gasteiger partial charge in [-0.15, -0.1) is 11.3 Å². The third-order valence-corrected chi connectivity index (χ3v) is 4.58. The van der Waals surface area contributed by atoms with Crippen LogP contribution >= 0.6 is 11.3 Å². The van der Waals surface area contributed by atoms with Gasteiger partial charge in [-0.3, -0.25) is 0 Å². The Labute approximate surface area is 129 Å². The van der Waals surface area contributed by atoms with Crippen molar-refractivity contribution < 1.29 is 4.74 Å². The van der Waals surface area contributed by atoms with Gasteiger partial charge in [-0.1, -0.05) is 42.5 Å². The molecule has 0 spiro atoms. The average molecular weight is 297 g/mol. The van der Waals surface area contributed by atoms with E-state index in [0.717, 1.165) is 12.3 Å². The first kappa shape index (κ1) is 14.1. The van der Waals surface area contributed by atoms with Crippen molar-refractivity contribution in [1.29, 1.82) is 0 Å². The van der Waals surface area contributed by atoms with Crippen molar-refractivity contribution in [3.05, 3.63) is 64.9 Å². The molecule has 2 nitrogen and oxygen atoms in total. The second-order valence-corrected chi connectivity index (χ2v) is 6.00. The highest BCUT2D eigenvalue weighted by Gasteiger charge is 2.05. The van der Waals surface area contributed by atoms with Crippen LogP contribution in [-0.4, -0.2) is 13.2 Å². The Balaban J connectivity index is 1.55. The Bertz CT molecular complexity index is 688. The number of hydrogen-bond donors (Lipinski definition) is 1. The van der Waals surface area contributed by atoms with Crippen molar-refractivity contribution >= 4 is 22.1 Å². The van der Waals surface area contributed by atoms with Crippen LogP contribution in [-0.2, 0) is 0 Å². The maximum absolute atomic E-state index is 5.93. The predicted molar refractivity (Wildman–Crippen MR) is 90.2 cm³/mol. The first-order valence-corrected chi connectivity index (χ1v) is 8.10. The largest absolute Gasteiger partial charge is 0.492 e. The molecule has 0 saturated heterocycles. The number of nitrogens with one attached hydrogen (secondary N) is 1. The smallest absolute Gasteiger partial charge is 0.127 e.